The molecule has 0 unspecified atom stereocenters. The average molecular weight is 350 g/mol. The summed E-state index contributed by atoms with van der Waals surface area (Å²) in [7, 11) is 0. The summed E-state index contributed by atoms with van der Waals surface area (Å²) in [6.45, 7) is 7.50. The molecule has 0 spiro atoms. The van der Waals surface area contributed by atoms with Crippen molar-refractivity contribution in [3.8, 4) is 11.4 Å². The lowest BCUT2D eigenvalue weighted by molar-refractivity contribution is -0.133. The highest BCUT2D eigenvalue weighted by molar-refractivity contribution is 5.81. The quantitative estimate of drug-likeness (QED) is 0.830. The van der Waals surface area contributed by atoms with E-state index >= 15 is 0 Å². The minimum Gasteiger partial charge on any atom is -0.357 e. The van der Waals surface area contributed by atoms with Gasteiger partial charge in [0.05, 0.1) is 12.2 Å². The molecule has 0 bridgehead atoms. The molecule has 0 N–H and O–H groups in total. The Morgan fingerprint density at radius 1 is 1.15 bits per heavy atom. The van der Waals surface area contributed by atoms with Crippen molar-refractivity contribution in [2.75, 3.05) is 24.5 Å². The predicted octanol–water partition coefficient (Wildman–Crippen LogP) is 3.28. The van der Waals surface area contributed by atoms with Gasteiger partial charge < -0.3 is 9.80 Å². The third-order valence-corrected chi connectivity index (χ3v) is 5.37. The smallest absolute Gasteiger partial charge is 0.225 e. The Bertz CT molecular complexity index is 797. The normalized spacial score (nSPS) is 16.3. The third kappa shape index (κ3) is 3.18. The molecule has 0 radical (unpaired) electrons. The van der Waals surface area contributed by atoms with Crippen LogP contribution in [0.2, 0.25) is 0 Å². The molecule has 136 valence electrons. The summed E-state index contributed by atoms with van der Waals surface area (Å²) in [5.74, 6) is 2.35. The van der Waals surface area contributed by atoms with Crippen molar-refractivity contribution in [2.24, 2.45) is 5.92 Å². The summed E-state index contributed by atoms with van der Waals surface area (Å²) in [4.78, 5) is 26.6. The number of carbonyl (C=O) groups excluding carboxylic acids is 1. The Morgan fingerprint density at radius 3 is 2.54 bits per heavy atom. The second-order valence-corrected chi connectivity index (χ2v) is 7.12. The van der Waals surface area contributed by atoms with Crippen molar-refractivity contribution in [1.29, 1.82) is 0 Å². The fourth-order valence-corrected chi connectivity index (χ4v) is 3.67. The second kappa shape index (κ2) is 7.06. The van der Waals surface area contributed by atoms with Crippen LogP contribution < -0.4 is 4.90 Å². The van der Waals surface area contributed by atoms with Gasteiger partial charge in [0, 0.05) is 43.1 Å². The van der Waals surface area contributed by atoms with Crippen LogP contribution >= 0.6 is 0 Å². The van der Waals surface area contributed by atoms with Gasteiger partial charge in [-0.05, 0) is 26.7 Å². The van der Waals surface area contributed by atoms with Gasteiger partial charge >= 0.3 is 0 Å². The minimum absolute atomic E-state index is 0.262. The van der Waals surface area contributed by atoms with Gasteiger partial charge in [-0.25, -0.2) is 9.97 Å². The summed E-state index contributed by atoms with van der Waals surface area (Å²) >= 11 is 0. The molecule has 1 aliphatic heterocycles. The largest absolute Gasteiger partial charge is 0.357 e. The minimum atomic E-state index is 0.262. The fourth-order valence-electron chi connectivity index (χ4n) is 3.67. The van der Waals surface area contributed by atoms with Gasteiger partial charge in [-0.3, -0.25) is 4.79 Å². The van der Waals surface area contributed by atoms with E-state index < -0.39 is 0 Å². The van der Waals surface area contributed by atoms with Crippen molar-refractivity contribution in [1.82, 2.24) is 14.9 Å². The molecule has 1 aromatic carbocycles. The van der Waals surface area contributed by atoms with Gasteiger partial charge in [0.15, 0.2) is 5.82 Å². The van der Waals surface area contributed by atoms with Crippen LogP contribution in [0.4, 0.5) is 5.82 Å². The van der Waals surface area contributed by atoms with E-state index in [2.05, 4.69) is 30.9 Å². The van der Waals surface area contributed by atoms with Crippen LogP contribution in [0, 0.1) is 5.92 Å². The van der Waals surface area contributed by atoms with E-state index in [-0.39, 0.29) is 5.92 Å². The molecule has 2 aromatic rings. The van der Waals surface area contributed by atoms with Crippen molar-refractivity contribution in [2.45, 2.75) is 39.7 Å². The van der Waals surface area contributed by atoms with Gasteiger partial charge in [-0.15, -0.1) is 0 Å². The van der Waals surface area contributed by atoms with Crippen molar-refractivity contribution < 1.29 is 4.79 Å². The molecular formula is C21H26N4O. The lowest BCUT2D eigenvalue weighted by atomic mass is 10.0. The second-order valence-electron chi connectivity index (χ2n) is 7.12. The van der Waals surface area contributed by atoms with Crippen LogP contribution in [0.5, 0.6) is 0 Å². The van der Waals surface area contributed by atoms with E-state index in [1.165, 1.54) is 0 Å². The monoisotopic (exact) mass is 350 g/mol. The van der Waals surface area contributed by atoms with Gasteiger partial charge in [0.1, 0.15) is 5.82 Å². The molecular weight excluding hydrogens is 324 g/mol. The van der Waals surface area contributed by atoms with E-state index in [1.54, 1.807) is 0 Å². The average Bonchev–Trinajstić information content (AvgIpc) is 3.54. The zero-order chi connectivity index (χ0) is 18.1. The Morgan fingerprint density at radius 2 is 1.88 bits per heavy atom. The van der Waals surface area contributed by atoms with Crippen LogP contribution in [0.15, 0.2) is 30.3 Å². The molecule has 1 amide bonds. The highest BCUT2D eigenvalue weighted by Gasteiger charge is 2.36. The van der Waals surface area contributed by atoms with Gasteiger partial charge in [0.2, 0.25) is 5.91 Å². The van der Waals surface area contributed by atoms with E-state index in [4.69, 9.17) is 9.97 Å². The number of fused-ring (bicyclic) bond motifs is 1. The maximum absolute atomic E-state index is 12.6. The zero-order valence-corrected chi connectivity index (χ0v) is 15.6. The zero-order valence-electron chi connectivity index (χ0n) is 15.6. The number of hydrogen-bond donors (Lipinski definition) is 0. The fraction of sp³-hybridized carbons (Fsp3) is 0.476. The number of aromatic nitrogens is 2. The first kappa shape index (κ1) is 17.0. The van der Waals surface area contributed by atoms with Gasteiger partial charge in [-0.2, -0.15) is 0 Å². The number of benzene rings is 1. The van der Waals surface area contributed by atoms with Gasteiger partial charge in [0.25, 0.3) is 0 Å². The van der Waals surface area contributed by atoms with E-state index in [1.807, 2.05) is 23.1 Å². The van der Waals surface area contributed by atoms with Gasteiger partial charge in [-0.1, -0.05) is 30.3 Å². The Hall–Kier alpha value is -2.43. The van der Waals surface area contributed by atoms with Crippen LogP contribution in [0.3, 0.4) is 0 Å². The number of hydrogen-bond acceptors (Lipinski definition) is 4. The topological polar surface area (TPSA) is 49.3 Å². The molecule has 5 nitrogen and oxygen atoms in total. The standard InChI is InChI=1S/C21H26N4O/c1-3-24(4-2)20-17-14-25(21(26)16-10-11-16)13-12-18(17)22-19(23-20)15-8-6-5-7-9-15/h5-9,16H,3-4,10-14H2,1-2H3. The summed E-state index contributed by atoms with van der Waals surface area (Å²) in [6.07, 6.45) is 2.91. The molecule has 1 aromatic heterocycles. The number of anilines is 1. The molecule has 1 fully saturated rings. The van der Waals surface area contributed by atoms with Crippen LogP contribution in [0.25, 0.3) is 11.4 Å². The van der Waals surface area contributed by atoms with E-state index in [0.29, 0.717) is 12.5 Å². The first-order valence-corrected chi connectivity index (χ1v) is 9.70. The maximum Gasteiger partial charge on any atom is 0.225 e. The Kier molecular flexibility index (Phi) is 4.62. The Labute approximate surface area is 155 Å². The molecule has 0 saturated heterocycles. The molecule has 1 aliphatic carbocycles. The number of nitrogens with zero attached hydrogens (tertiary/aromatic N) is 4. The molecule has 26 heavy (non-hydrogen) atoms. The van der Waals surface area contributed by atoms with Crippen LogP contribution in [0.1, 0.15) is 37.9 Å². The highest BCUT2D eigenvalue weighted by Crippen LogP contribution is 2.35. The lowest BCUT2D eigenvalue weighted by Crippen LogP contribution is -2.39. The van der Waals surface area contributed by atoms with Crippen molar-refractivity contribution >= 4 is 11.7 Å². The molecule has 0 atom stereocenters. The van der Waals surface area contributed by atoms with Crippen LogP contribution in [-0.2, 0) is 17.8 Å². The number of amides is 1. The SMILES string of the molecule is CCN(CC)c1nc(-c2ccccc2)nc2c1CN(C(=O)C1CC1)CC2. The van der Waals surface area contributed by atoms with E-state index in [0.717, 1.165) is 67.4 Å². The summed E-state index contributed by atoms with van der Waals surface area (Å²) in [5.41, 5.74) is 3.27. The van der Waals surface area contributed by atoms with E-state index in [9.17, 15) is 4.79 Å². The summed E-state index contributed by atoms with van der Waals surface area (Å²) in [6, 6.07) is 10.2. The maximum atomic E-state index is 12.6. The first-order chi connectivity index (χ1) is 12.7. The van der Waals surface area contributed by atoms with Crippen molar-refractivity contribution in [3.05, 3.63) is 41.6 Å². The Balaban J connectivity index is 1.75. The summed E-state index contributed by atoms with van der Waals surface area (Å²) < 4.78 is 0. The molecule has 1 saturated carbocycles. The molecule has 2 aliphatic rings. The van der Waals surface area contributed by atoms with Crippen molar-refractivity contribution in [3.63, 3.8) is 0 Å². The van der Waals surface area contributed by atoms with Crippen LogP contribution in [-0.4, -0.2) is 40.4 Å². The lowest BCUT2D eigenvalue weighted by Gasteiger charge is -2.32. The summed E-state index contributed by atoms with van der Waals surface area (Å²) in [5, 5.41) is 0. The molecule has 4 rings (SSSR count). The number of rotatable bonds is 5. The third-order valence-electron chi connectivity index (χ3n) is 5.37. The highest BCUT2D eigenvalue weighted by atomic mass is 16.2. The molecule has 5 heteroatoms. The predicted molar refractivity (Wildman–Crippen MR) is 103 cm³/mol. The molecule has 2 heterocycles. The first-order valence-electron chi connectivity index (χ1n) is 9.70. The number of carbonyl (C=O) groups is 1.